The topological polar surface area (TPSA) is 9.86 Å². The van der Waals surface area contributed by atoms with E-state index in [-0.39, 0.29) is 0 Å². The molecule has 0 N–H and O–H groups in total. The molecule has 4 heteroatoms. The number of thiophene rings is 1. The first-order valence-electron chi connectivity index (χ1n) is 19.9. The van der Waals surface area contributed by atoms with Gasteiger partial charge in [0.15, 0.2) is 8.07 Å². The maximum atomic E-state index is 2.56. The second-order valence-corrected chi connectivity index (χ2v) is 20.1. The Morgan fingerprint density at radius 3 is 1.33 bits per heavy atom. The zero-order valence-electron chi connectivity index (χ0n) is 31.6. The summed E-state index contributed by atoms with van der Waals surface area (Å²) in [6, 6.07) is 81.5. The van der Waals surface area contributed by atoms with Crippen LogP contribution in [0.5, 0.6) is 0 Å². The van der Waals surface area contributed by atoms with Crippen molar-refractivity contribution in [1.29, 1.82) is 0 Å². The second kappa shape index (κ2) is 13.0. The van der Waals surface area contributed by atoms with Crippen molar-refractivity contribution in [2.75, 3.05) is 0 Å². The van der Waals surface area contributed by atoms with Gasteiger partial charge < -0.3 is 9.13 Å². The Bertz CT molecular complexity index is 3360. The molecule has 0 radical (unpaired) electrons. The number of hydrogen-bond donors (Lipinski definition) is 0. The molecule has 0 spiro atoms. The fourth-order valence-corrected chi connectivity index (χ4v) is 15.9. The highest BCUT2D eigenvalue weighted by atomic mass is 32.1. The number of aromatic nitrogens is 2. The summed E-state index contributed by atoms with van der Waals surface area (Å²) in [7, 11) is -2.85. The molecule has 3 aromatic heterocycles. The van der Waals surface area contributed by atoms with Gasteiger partial charge in [0.2, 0.25) is 0 Å². The lowest BCUT2D eigenvalue weighted by molar-refractivity contribution is 1.17. The van der Waals surface area contributed by atoms with Crippen LogP contribution < -0.4 is 20.7 Å². The average molecular weight is 773 g/mol. The third-order valence-corrected chi connectivity index (χ3v) is 18.1. The molecule has 9 aromatic carbocycles. The Kier molecular flexibility index (Phi) is 7.46. The van der Waals surface area contributed by atoms with Crippen molar-refractivity contribution in [2.45, 2.75) is 0 Å². The van der Waals surface area contributed by atoms with Gasteiger partial charge >= 0.3 is 0 Å². The first kappa shape index (κ1) is 33.2. The standard InChI is InChI=1S/C54H36N2SSi/c1-4-18-38(19-5-1)58(39-20-6-2-7-21-39,40-22-8-3-9-23-40)41-35-51(54-45-27-13-17-31-52(45)57-53(54)36-41)56-49-30-16-12-26-44(49)46-34-37(32-33-50(46)56)55-47-28-14-10-24-42(47)43-25-11-15-29-48(43)55/h1-36H. The minimum atomic E-state index is -2.85. The molecule has 272 valence electrons. The van der Waals surface area contributed by atoms with Crippen LogP contribution in [0.1, 0.15) is 0 Å². The Labute approximate surface area is 341 Å². The van der Waals surface area contributed by atoms with Gasteiger partial charge in [-0.15, -0.1) is 11.3 Å². The van der Waals surface area contributed by atoms with E-state index in [2.05, 4.69) is 228 Å². The number of para-hydroxylation sites is 3. The minimum absolute atomic E-state index is 1.16. The summed E-state index contributed by atoms with van der Waals surface area (Å²) in [6.45, 7) is 0. The summed E-state index contributed by atoms with van der Waals surface area (Å²) >= 11 is 1.91. The van der Waals surface area contributed by atoms with Gasteiger partial charge in [-0.3, -0.25) is 0 Å². The first-order chi connectivity index (χ1) is 28.8. The normalized spacial score (nSPS) is 12.1. The van der Waals surface area contributed by atoms with Crippen LogP contribution >= 0.6 is 11.3 Å². The van der Waals surface area contributed by atoms with Crippen LogP contribution in [0.4, 0.5) is 0 Å². The largest absolute Gasteiger partial charge is 0.309 e. The molecular formula is C54H36N2SSi. The molecular weight excluding hydrogens is 737 g/mol. The second-order valence-electron chi connectivity index (χ2n) is 15.2. The van der Waals surface area contributed by atoms with Gasteiger partial charge in [0.25, 0.3) is 0 Å². The summed E-state index contributed by atoms with van der Waals surface area (Å²) in [5, 5.41) is 13.1. The van der Waals surface area contributed by atoms with Crippen molar-refractivity contribution in [2.24, 2.45) is 0 Å². The molecule has 2 nitrogen and oxygen atoms in total. The molecule has 0 aliphatic carbocycles. The first-order valence-corrected chi connectivity index (χ1v) is 22.8. The van der Waals surface area contributed by atoms with Crippen molar-refractivity contribution >= 4 is 104 Å². The molecule has 0 unspecified atom stereocenters. The SMILES string of the molecule is c1ccc([Si](c2ccccc2)(c2ccccc2)c2cc(-n3c4ccccc4c4cc(-n5c6ccccc6c6ccccc65)ccc43)c3c(c2)sc2ccccc23)cc1. The monoisotopic (exact) mass is 772 g/mol. The fraction of sp³-hybridized carbons (Fsp3) is 0. The molecule has 0 saturated heterocycles. The predicted molar refractivity (Wildman–Crippen MR) is 252 cm³/mol. The van der Waals surface area contributed by atoms with E-state index in [9.17, 15) is 0 Å². The van der Waals surface area contributed by atoms with Crippen LogP contribution in [0.15, 0.2) is 218 Å². The van der Waals surface area contributed by atoms with E-state index in [0.717, 1.165) is 5.69 Å². The van der Waals surface area contributed by atoms with E-state index in [0.29, 0.717) is 0 Å². The van der Waals surface area contributed by atoms with E-state index in [1.807, 2.05) is 11.3 Å². The van der Waals surface area contributed by atoms with Gasteiger partial charge in [-0.1, -0.05) is 164 Å². The Morgan fingerprint density at radius 1 is 0.310 bits per heavy atom. The molecule has 58 heavy (non-hydrogen) atoms. The van der Waals surface area contributed by atoms with Crippen molar-refractivity contribution in [3.63, 3.8) is 0 Å². The van der Waals surface area contributed by atoms with Crippen LogP contribution in [0, 0.1) is 0 Å². The highest BCUT2D eigenvalue weighted by Gasteiger charge is 2.42. The summed E-state index contributed by atoms with van der Waals surface area (Å²) in [6.07, 6.45) is 0. The Morgan fingerprint density at radius 2 is 0.759 bits per heavy atom. The van der Waals surface area contributed by atoms with Gasteiger partial charge in [-0.2, -0.15) is 0 Å². The van der Waals surface area contributed by atoms with Crippen molar-refractivity contribution in [3.8, 4) is 11.4 Å². The third kappa shape index (κ3) is 4.76. The average Bonchev–Trinajstić information content (AvgIpc) is 3.95. The zero-order valence-corrected chi connectivity index (χ0v) is 33.4. The molecule has 0 aliphatic rings. The lowest BCUT2D eigenvalue weighted by Crippen LogP contribution is -2.74. The van der Waals surface area contributed by atoms with E-state index >= 15 is 0 Å². The number of nitrogens with zero attached hydrogens (tertiary/aromatic N) is 2. The fourth-order valence-electron chi connectivity index (χ4n) is 9.85. The van der Waals surface area contributed by atoms with Crippen LogP contribution in [0.25, 0.3) is 75.2 Å². The van der Waals surface area contributed by atoms with Crippen LogP contribution in [0.2, 0.25) is 0 Å². The Hall–Kier alpha value is -6.98. The number of rotatable bonds is 6. The van der Waals surface area contributed by atoms with Crippen LogP contribution in [-0.2, 0) is 0 Å². The highest BCUT2D eigenvalue weighted by Crippen LogP contribution is 2.42. The van der Waals surface area contributed by atoms with E-state index in [4.69, 9.17) is 0 Å². The molecule has 3 heterocycles. The summed E-state index contributed by atoms with van der Waals surface area (Å²) in [5.41, 5.74) is 7.23. The maximum Gasteiger partial charge on any atom is 0.179 e. The van der Waals surface area contributed by atoms with Gasteiger partial charge in [-0.05, 0) is 75.3 Å². The minimum Gasteiger partial charge on any atom is -0.309 e. The molecule has 0 fully saturated rings. The third-order valence-electron chi connectivity index (χ3n) is 12.2. The zero-order chi connectivity index (χ0) is 38.2. The maximum absolute atomic E-state index is 2.85. The number of fused-ring (bicyclic) bond motifs is 9. The van der Waals surface area contributed by atoms with Crippen LogP contribution in [0.3, 0.4) is 0 Å². The predicted octanol–water partition coefficient (Wildman–Crippen LogP) is 11.6. The lowest BCUT2D eigenvalue weighted by atomic mass is 10.1. The van der Waals surface area contributed by atoms with Crippen LogP contribution in [-0.4, -0.2) is 17.2 Å². The van der Waals surface area contributed by atoms with Gasteiger partial charge in [0.05, 0.1) is 27.8 Å². The Balaban J connectivity index is 1.21. The van der Waals surface area contributed by atoms with Gasteiger partial charge in [0.1, 0.15) is 0 Å². The molecule has 0 atom stereocenters. The molecule has 12 rings (SSSR count). The highest BCUT2D eigenvalue weighted by molar-refractivity contribution is 7.26. The van der Waals surface area contributed by atoms with Gasteiger partial charge in [-0.25, -0.2) is 0 Å². The van der Waals surface area contributed by atoms with E-state index in [1.54, 1.807) is 0 Å². The summed E-state index contributed by atoms with van der Waals surface area (Å²) in [5.74, 6) is 0. The van der Waals surface area contributed by atoms with Crippen molar-refractivity contribution < 1.29 is 0 Å². The quantitative estimate of drug-likeness (QED) is 0.118. The van der Waals surface area contributed by atoms with Gasteiger partial charge in [0, 0.05) is 47.4 Å². The molecule has 0 bridgehead atoms. The molecule has 0 aliphatic heterocycles. The van der Waals surface area contributed by atoms with E-state index < -0.39 is 8.07 Å². The summed E-state index contributed by atoms with van der Waals surface area (Å²) in [4.78, 5) is 0. The molecule has 0 amide bonds. The van der Waals surface area contributed by atoms with E-state index in [1.165, 1.54) is 90.2 Å². The van der Waals surface area contributed by atoms with Crippen molar-refractivity contribution in [3.05, 3.63) is 218 Å². The number of hydrogen-bond acceptors (Lipinski definition) is 1. The lowest BCUT2D eigenvalue weighted by Gasteiger charge is -2.35. The molecule has 12 aromatic rings. The molecule has 0 saturated carbocycles. The summed E-state index contributed by atoms with van der Waals surface area (Å²) < 4.78 is 7.60. The van der Waals surface area contributed by atoms with Crippen molar-refractivity contribution in [1.82, 2.24) is 9.13 Å². The number of benzene rings is 9. The smallest absolute Gasteiger partial charge is 0.179 e.